The van der Waals surface area contributed by atoms with Gasteiger partial charge < -0.3 is 5.32 Å². The van der Waals surface area contributed by atoms with Crippen molar-refractivity contribution in [3.8, 4) is 0 Å². The number of nitrogens with one attached hydrogen (secondary N) is 1. The molecule has 0 spiro atoms. The Hall–Kier alpha value is -0.350. The molecule has 0 saturated heterocycles. The summed E-state index contributed by atoms with van der Waals surface area (Å²) in [6.45, 7) is 6.22. The van der Waals surface area contributed by atoms with E-state index < -0.39 is 0 Å². The van der Waals surface area contributed by atoms with Crippen molar-refractivity contribution in [3.63, 3.8) is 0 Å². The molecule has 1 N–H and O–H groups in total. The molecule has 0 aromatic carbocycles. The Morgan fingerprint density at radius 1 is 1.40 bits per heavy atom. The molecule has 0 amide bonds. The SMILES string of the molecule is CCCCCNCc1c(Br)c(C)nn1C. The van der Waals surface area contributed by atoms with Gasteiger partial charge in [-0.15, -0.1) is 0 Å². The molecule has 0 atom stereocenters. The first kappa shape index (κ1) is 12.7. The highest BCUT2D eigenvalue weighted by Crippen LogP contribution is 2.19. The summed E-state index contributed by atoms with van der Waals surface area (Å²) in [4.78, 5) is 0. The number of halogens is 1. The Morgan fingerprint density at radius 3 is 2.67 bits per heavy atom. The molecule has 0 aliphatic heterocycles. The van der Waals surface area contributed by atoms with Crippen molar-refractivity contribution in [1.82, 2.24) is 15.1 Å². The van der Waals surface area contributed by atoms with Crippen LogP contribution in [-0.4, -0.2) is 16.3 Å². The molecule has 3 nitrogen and oxygen atoms in total. The lowest BCUT2D eigenvalue weighted by Crippen LogP contribution is -2.17. The summed E-state index contributed by atoms with van der Waals surface area (Å²) >= 11 is 3.56. The Balaban J connectivity index is 2.37. The van der Waals surface area contributed by atoms with Crippen LogP contribution in [0.3, 0.4) is 0 Å². The number of aromatic nitrogens is 2. The molecule has 86 valence electrons. The van der Waals surface area contributed by atoms with E-state index in [9.17, 15) is 0 Å². The molecule has 0 radical (unpaired) electrons. The molecule has 1 heterocycles. The van der Waals surface area contributed by atoms with Crippen LogP contribution in [0.4, 0.5) is 0 Å². The zero-order chi connectivity index (χ0) is 11.3. The lowest BCUT2D eigenvalue weighted by molar-refractivity contribution is 0.587. The van der Waals surface area contributed by atoms with Gasteiger partial charge in [-0.25, -0.2) is 0 Å². The second-order valence-corrected chi connectivity index (χ2v) is 4.65. The minimum absolute atomic E-state index is 0.891. The predicted octanol–water partition coefficient (Wildman–Crippen LogP) is 2.77. The summed E-state index contributed by atoms with van der Waals surface area (Å²) in [5.74, 6) is 0. The lowest BCUT2D eigenvalue weighted by atomic mass is 10.2. The van der Waals surface area contributed by atoms with E-state index >= 15 is 0 Å². The molecule has 0 bridgehead atoms. The van der Waals surface area contributed by atoms with Crippen molar-refractivity contribution in [1.29, 1.82) is 0 Å². The zero-order valence-electron chi connectivity index (χ0n) is 9.81. The first-order valence-electron chi connectivity index (χ1n) is 5.55. The van der Waals surface area contributed by atoms with Gasteiger partial charge in [-0.05, 0) is 35.8 Å². The lowest BCUT2D eigenvalue weighted by Gasteiger charge is -2.05. The van der Waals surface area contributed by atoms with Crippen LogP contribution in [-0.2, 0) is 13.6 Å². The van der Waals surface area contributed by atoms with E-state index in [4.69, 9.17) is 0 Å². The van der Waals surface area contributed by atoms with Crippen molar-refractivity contribution in [2.24, 2.45) is 7.05 Å². The Morgan fingerprint density at radius 2 is 2.13 bits per heavy atom. The number of nitrogens with zero attached hydrogens (tertiary/aromatic N) is 2. The number of hydrogen-bond donors (Lipinski definition) is 1. The van der Waals surface area contributed by atoms with Gasteiger partial charge in [0.15, 0.2) is 0 Å². The number of aryl methyl sites for hydroxylation is 2. The molecular formula is C11H20BrN3. The van der Waals surface area contributed by atoms with Crippen molar-refractivity contribution >= 4 is 15.9 Å². The topological polar surface area (TPSA) is 29.9 Å². The maximum Gasteiger partial charge on any atom is 0.0739 e. The second kappa shape index (κ2) is 6.28. The molecule has 0 saturated carbocycles. The van der Waals surface area contributed by atoms with Crippen molar-refractivity contribution < 1.29 is 0 Å². The first-order chi connectivity index (χ1) is 7.16. The average Bonchev–Trinajstić information content (AvgIpc) is 2.44. The van der Waals surface area contributed by atoms with Gasteiger partial charge >= 0.3 is 0 Å². The molecule has 1 rings (SSSR count). The monoisotopic (exact) mass is 273 g/mol. The smallest absolute Gasteiger partial charge is 0.0739 e. The molecule has 1 aromatic rings. The molecule has 0 aliphatic rings. The van der Waals surface area contributed by atoms with Crippen molar-refractivity contribution in [2.75, 3.05) is 6.54 Å². The maximum absolute atomic E-state index is 4.36. The van der Waals surface area contributed by atoms with E-state index in [1.54, 1.807) is 0 Å². The fourth-order valence-corrected chi connectivity index (χ4v) is 2.06. The zero-order valence-corrected chi connectivity index (χ0v) is 11.4. The minimum Gasteiger partial charge on any atom is -0.311 e. The third kappa shape index (κ3) is 3.61. The predicted molar refractivity (Wildman–Crippen MR) is 66.9 cm³/mol. The van der Waals surface area contributed by atoms with E-state index in [2.05, 4.69) is 33.3 Å². The Labute approximate surface area is 100 Å². The van der Waals surface area contributed by atoms with Crippen molar-refractivity contribution in [2.45, 2.75) is 39.7 Å². The van der Waals surface area contributed by atoms with Crippen LogP contribution >= 0.6 is 15.9 Å². The largest absolute Gasteiger partial charge is 0.311 e. The molecule has 4 heteroatoms. The Bertz CT molecular complexity index is 307. The van der Waals surface area contributed by atoms with Crippen LogP contribution in [0.15, 0.2) is 4.47 Å². The molecule has 15 heavy (non-hydrogen) atoms. The van der Waals surface area contributed by atoms with Crippen LogP contribution in [0.5, 0.6) is 0 Å². The van der Waals surface area contributed by atoms with Crippen LogP contribution < -0.4 is 5.32 Å². The summed E-state index contributed by atoms with van der Waals surface area (Å²) in [5, 5.41) is 7.80. The highest BCUT2D eigenvalue weighted by atomic mass is 79.9. The second-order valence-electron chi connectivity index (χ2n) is 3.85. The van der Waals surface area contributed by atoms with Gasteiger partial charge in [0.25, 0.3) is 0 Å². The summed E-state index contributed by atoms with van der Waals surface area (Å²) < 4.78 is 3.07. The van der Waals surface area contributed by atoms with Gasteiger partial charge in [0.05, 0.1) is 15.9 Å². The van der Waals surface area contributed by atoms with E-state index in [-0.39, 0.29) is 0 Å². The fourth-order valence-electron chi connectivity index (χ4n) is 1.58. The van der Waals surface area contributed by atoms with Gasteiger partial charge in [0, 0.05) is 13.6 Å². The maximum atomic E-state index is 4.36. The summed E-state index contributed by atoms with van der Waals surface area (Å²) in [7, 11) is 1.99. The molecule has 0 unspecified atom stereocenters. The van der Waals surface area contributed by atoms with E-state index in [0.29, 0.717) is 0 Å². The third-order valence-corrected chi connectivity index (χ3v) is 3.54. The number of hydrogen-bond acceptors (Lipinski definition) is 2. The van der Waals surface area contributed by atoms with Crippen LogP contribution in [0.1, 0.15) is 37.6 Å². The van der Waals surface area contributed by atoms with Crippen LogP contribution in [0.2, 0.25) is 0 Å². The average molecular weight is 274 g/mol. The highest BCUT2D eigenvalue weighted by molar-refractivity contribution is 9.10. The van der Waals surface area contributed by atoms with Crippen LogP contribution in [0.25, 0.3) is 0 Å². The van der Waals surface area contributed by atoms with Gasteiger partial charge in [0.2, 0.25) is 0 Å². The third-order valence-electron chi connectivity index (χ3n) is 2.51. The van der Waals surface area contributed by atoms with Crippen LogP contribution in [0, 0.1) is 6.92 Å². The number of unbranched alkanes of at least 4 members (excludes halogenated alkanes) is 2. The first-order valence-corrected chi connectivity index (χ1v) is 6.34. The molecule has 1 aromatic heterocycles. The summed E-state index contributed by atoms with van der Waals surface area (Å²) in [6.07, 6.45) is 3.83. The number of rotatable bonds is 6. The van der Waals surface area contributed by atoms with E-state index in [1.165, 1.54) is 25.0 Å². The van der Waals surface area contributed by atoms with Gasteiger partial charge in [-0.2, -0.15) is 5.10 Å². The summed E-state index contributed by atoms with van der Waals surface area (Å²) in [5.41, 5.74) is 2.28. The van der Waals surface area contributed by atoms with Crippen molar-refractivity contribution in [3.05, 3.63) is 15.9 Å². The van der Waals surface area contributed by atoms with E-state index in [0.717, 1.165) is 23.3 Å². The van der Waals surface area contributed by atoms with E-state index in [1.807, 2.05) is 18.7 Å². The molecule has 0 fully saturated rings. The molecular weight excluding hydrogens is 254 g/mol. The van der Waals surface area contributed by atoms with Gasteiger partial charge in [-0.3, -0.25) is 4.68 Å². The highest BCUT2D eigenvalue weighted by Gasteiger charge is 2.09. The normalized spacial score (nSPS) is 10.9. The van der Waals surface area contributed by atoms with Gasteiger partial charge in [0.1, 0.15) is 0 Å². The standard InChI is InChI=1S/C11H20BrN3/c1-4-5-6-7-13-8-10-11(12)9(2)14-15(10)3/h13H,4-8H2,1-3H3. The molecule has 0 aliphatic carbocycles. The Kier molecular flexibility index (Phi) is 5.32. The fraction of sp³-hybridized carbons (Fsp3) is 0.727. The minimum atomic E-state index is 0.891. The van der Waals surface area contributed by atoms with Gasteiger partial charge in [-0.1, -0.05) is 19.8 Å². The quantitative estimate of drug-likeness (QED) is 0.808. The summed E-state index contributed by atoms with van der Waals surface area (Å²) in [6, 6.07) is 0.